The SMILES string of the molecule is CCCCCCCCCCCCCCCCCCOc1ccc(OS(=O)(=O)C(F)(F)F)c(Cc2ccccc2)c1.CCI. The number of halogens is 4. The normalized spacial score (nSPS) is 11.6. The van der Waals surface area contributed by atoms with Crippen molar-refractivity contribution in [2.75, 3.05) is 11.0 Å². The predicted molar refractivity (Wildman–Crippen MR) is 181 cm³/mol. The van der Waals surface area contributed by atoms with Crippen LogP contribution in [0.1, 0.15) is 128 Å². The van der Waals surface area contributed by atoms with Gasteiger partial charge < -0.3 is 8.92 Å². The highest BCUT2D eigenvalue weighted by Crippen LogP contribution is 2.32. The number of unbranched alkanes of at least 4 members (excludes halogenated alkanes) is 15. The monoisotopic (exact) mass is 740 g/mol. The van der Waals surface area contributed by atoms with Gasteiger partial charge in [0.05, 0.1) is 6.61 Å². The van der Waals surface area contributed by atoms with E-state index in [2.05, 4.69) is 40.6 Å². The van der Waals surface area contributed by atoms with E-state index >= 15 is 0 Å². The Kier molecular flexibility index (Phi) is 21.9. The highest BCUT2D eigenvalue weighted by atomic mass is 127. The maximum absolute atomic E-state index is 12.9. The Balaban J connectivity index is 0.00000295. The van der Waals surface area contributed by atoms with Crippen molar-refractivity contribution in [3.8, 4) is 11.5 Å². The van der Waals surface area contributed by atoms with E-state index in [0.29, 0.717) is 17.9 Å². The third kappa shape index (κ3) is 18.8. The van der Waals surface area contributed by atoms with Gasteiger partial charge in [0, 0.05) is 12.0 Å². The molecule has 0 heterocycles. The average Bonchev–Trinajstić information content (AvgIpc) is 2.96. The molecule has 246 valence electrons. The molecule has 0 aliphatic heterocycles. The molecule has 0 radical (unpaired) electrons. The zero-order valence-corrected chi connectivity index (χ0v) is 29.1. The van der Waals surface area contributed by atoms with E-state index in [1.165, 1.54) is 100 Å². The van der Waals surface area contributed by atoms with Gasteiger partial charge in [-0.2, -0.15) is 21.6 Å². The zero-order valence-electron chi connectivity index (χ0n) is 26.1. The Hall–Kier alpha value is -1.49. The minimum atomic E-state index is -5.76. The Bertz CT molecular complexity index is 1060. The molecule has 0 amide bonds. The van der Waals surface area contributed by atoms with Crippen molar-refractivity contribution < 1.29 is 30.5 Å². The van der Waals surface area contributed by atoms with Gasteiger partial charge in [0.15, 0.2) is 0 Å². The molecule has 43 heavy (non-hydrogen) atoms. The number of rotatable bonds is 22. The Morgan fingerprint density at radius 1 is 0.698 bits per heavy atom. The van der Waals surface area contributed by atoms with Gasteiger partial charge in [0.1, 0.15) is 11.5 Å². The second-order valence-corrected chi connectivity index (χ2v) is 13.9. The fourth-order valence-corrected chi connectivity index (χ4v) is 5.18. The topological polar surface area (TPSA) is 52.6 Å². The molecule has 2 aromatic rings. The summed E-state index contributed by atoms with van der Waals surface area (Å²) in [6, 6.07) is 13.3. The van der Waals surface area contributed by atoms with Crippen molar-refractivity contribution in [1.82, 2.24) is 0 Å². The van der Waals surface area contributed by atoms with Crippen molar-refractivity contribution in [3.63, 3.8) is 0 Å². The van der Waals surface area contributed by atoms with Crippen LogP contribution in [0.4, 0.5) is 13.2 Å². The van der Waals surface area contributed by atoms with Gasteiger partial charge in [-0.1, -0.05) is 163 Å². The highest BCUT2D eigenvalue weighted by molar-refractivity contribution is 14.1. The van der Waals surface area contributed by atoms with Crippen LogP contribution in [0.5, 0.6) is 11.5 Å². The van der Waals surface area contributed by atoms with Crippen LogP contribution in [-0.4, -0.2) is 25.0 Å². The van der Waals surface area contributed by atoms with Crippen molar-refractivity contribution >= 4 is 32.7 Å². The van der Waals surface area contributed by atoms with Crippen LogP contribution in [0.25, 0.3) is 0 Å². The molecule has 0 aliphatic carbocycles. The molecule has 0 aromatic heterocycles. The standard InChI is InChI=1S/C32H47F3O4S.C2H5I/c1-2-3-4-5-6-7-8-9-10-11-12-13-14-15-16-20-25-38-30-23-24-31(39-40(36,37)32(33,34)35)29(27-30)26-28-21-18-17-19-22-28;1-2-3/h17-19,21-24,27H,2-16,20,25-26H2,1H3;2H2,1H3. The van der Waals surface area contributed by atoms with E-state index in [1.54, 1.807) is 18.2 Å². The largest absolute Gasteiger partial charge is 0.534 e. The predicted octanol–water partition coefficient (Wildman–Crippen LogP) is 11.6. The van der Waals surface area contributed by atoms with Gasteiger partial charge >= 0.3 is 15.6 Å². The first-order valence-electron chi connectivity index (χ1n) is 16.0. The summed E-state index contributed by atoms with van der Waals surface area (Å²) >= 11 is 2.29. The van der Waals surface area contributed by atoms with Gasteiger partial charge in [0.2, 0.25) is 0 Å². The Morgan fingerprint density at radius 2 is 1.16 bits per heavy atom. The fraction of sp³-hybridized carbons (Fsp3) is 0.647. The summed E-state index contributed by atoms with van der Waals surface area (Å²) in [6.07, 6.45) is 20.8. The lowest BCUT2D eigenvalue weighted by Crippen LogP contribution is -2.28. The number of hydrogen-bond donors (Lipinski definition) is 0. The van der Waals surface area contributed by atoms with Gasteiger partial charge in [-0.3, -0.25) is 0 Å². The van der Waals surface area contributed by atoms with Gasteiger partial charge in [-0.15, -0.1) is 0 Å². The molecule has 9 heteroatoms. The van der Waals surface area contributed by atoms with Crippen molar-refractivity contribution in [2.45, 2.75) is 129 Å². The maximum atomic E-state index is 12.9. The lowest BCUT2D eigenvalue weighted by atomic mass is 10.0. The molecule has 0 spiro atoms. The van der Waals surface area contributed by atoms with E-state index in [-0.39, 0.29) is 12.2 Å². The third-order valence-corrected chi connectivity index (χ3v) is 7.98. The van der Waals surface area contributed by atoms with E-state index in [0.717, 1.165) is 24.8 Å². The molecule has 2 aromatic carbocycles. The summed E-state index contributed by atoms with van der Waals surface area (Å²) < 4.78 is 73.3. The summed E-state index contributed by atoms with van der Waals surface area (Å²) in [7, 11) is -5.76. The molecule has 0 atom stereocenters. The summed E-state index contributed by atoms with van der Waals surface area (Å²) in [5.41, 5.74) is -4.38. The summed E-state index contributed by atoms with van der Waals surface area (Å²) in [5, 5.41) is 0. The van der Waals surface area contributed by atoms with Gasteiger partial charge in [-0.05, 0) is 34.6 Å². The van der Waals surface area contributed by atoms with Crippen molar-refractivity contribution in [1.29, 1.82) is 0 Å². The summed E-state index contributed by atoms with van der Waals surface area (Å²) in [5.74, 6) is 0.125. The van der Waals surface area contributed by atoms with Gasteiger partial charge in [0.25, 0.3) is 0 Å². The molecule has 4 nitrogen and oxygen atoms in total. The molecule has 0 aliphatic rings. The quantitative estimate of drug-likeness (QED) is 0.0397. The lowest BCUT2D eigenvalue weighted by molar-refractivity contribution is -0.0500. The molecular weight excluding hydrogens is 688 g/mol. The van der Waals surface area contributed by atoms with Crippen LogP contribution in [0.2, 0.25) is 0 Å². The van der Waals surface area contributed by atoms with Crippen LogP contribution in [-0.2, 0) is 16.5 Å². The van der Waals surface area contributed by atoms with Crippen molar-refractivity contribution in [3.05, 3.63) is 59.7 Å². The molecule has 0 saturated heterocycles. The van der Waals surface area contributed by atoms with Crippen molar-refractivity contribution in [2.24, 2.45) is 0 Å². The summed E-state index contributed by atoms with van der Waals surface area (Å²) in [6.45, 7) is 4.86. The Morgan fingerprint density at radius 3 is 1.63 bits per heavy atom. The number of benzene rings is 2. The minimum absolute atomic E-state index is 0.208. The van der Waals surface area contributed by atoms with Crippen LogP contribution in [0.3, 0.4) is 0 Å². The molecular formula is C34H52F3IO4S. The lowest BCUT2D eigenvalue weighted by Gasteiger charge is -2.15. The molecule has 0 saturated carbocycles. The first-order valence-corrected chi connectivity index (χ1v) is 18.9. The third-order valence-electron chi connectivity index (χ3n) is 7.02. The van der Waals surface area contributed by atoms with Crippen LogP contribution in [0, 0.1) is 0 Å². The second kappa shape index (κ2) is 23.8. The smallest absolute Gasteiger partial charge is 0.494 e. The van der Waals surface area contributed by atoms with Crippen LogP contribution >= 0.6 is 22.6 Å². The number of hydrogen-bond acceptors (Lipinski definition) is 4. The summed E-state index contributed by atoms with van der Waals surface area (Å²) in [4.78, 5) is 0. The van der Waals surface area contributed by atoms with E-state index in [4.69, 9.17) is 4.74 Å². The average molecular weight is 741 g/mol. The molecule has 2 rings (SSSR count). The minimum Gasteiger partial charge on any atom is -0.494 e. The molecule has 0 fully saturated rings. The van der Waals surface area contributed by atoms with Crippen LogP contribution in [0.15, 0.2) is 48.5 Å². The Labute approximate surface area is 272 Å². The maximum Gasteiger partial charge on any atom is 0.534 e. The van der Waals surface area contributed by atoms with Crippen LogP contribution < -0.4 is 8.92 Å². The fourth-order valence-electron chi connectivity index (χ4n) is 4.69. The highest BCUT2D eigenvalue weighted by Gasteiger charge is 2.48. The van der Waals surface area contributed by atoms with E-state index in [9.17, 15) is 21.6 Å². The zero-order chi connectivity index (χ0) is 31.8. The second-order valence-electron chi connectivity index (χ2n) is 10.8. The van der Waals surface area contributed by atoms with E-state index < -0.39 is 15.6 Å². The first kappa shape index (κ1) is 39.5. The molecule has 0 N–H and O–H groups in total. The molecule has 0 bridgehead atoms. The molecule has 0 unspecified atom stereocenters. The number of ether oxygens (including phenoxy) is 1. The number of alkyl halides is 4. The first-order chi connectivity index (χ1) is 20.6. The van der Waals surface area contributed by atoms with E-state index in [1.807, 2.05) is 18.2 Å². The van der Waals surface area contributed by atoms with Gasteiger partial charge in [-0.25, -0.2) is 0 Å².